The Morgan fingerprint density at radius 2 is 2.00 bits per heavy atom. The molecular weight excluding hydrogens is 328 g/mol. The highest BCUT2D eigenvalue weighted by molar-refractivity contribution is 9.13. The molecule has 1 aromatic carbocycles. The fraction of sp³-hybridized carbons (Fsp3) is 0.300. The predicted molar refractivity (Wildman–Crippen MR) is 64.1 cm³/mol. The average molecular weight is 338 g/mol. The number of aromatic hydroxyl groups is 2. The van der Waals surface area contributed by atoms with Crippen LogP contribution in [0.3, 0.4) is 0 Å². The molecule has 1 aromatic rings. The van der Waals surface area contributed by atoms with E-state index < -0.39 is 0 Å². The Kier molecular flexibility index (Phi) is 4.16. The Hall–Kier alpha value is -0.550. The summed E-state index contributed by atoms with van der Waals surface area (Å²) in [6.45, 7) is 1.79. The van der Waals surface area contributed by atoms with Crippen LogP contribution in [0.4, 0.5) is 0 Å². The fourth-order valence-corrected chi connectivity index (χ4v) is 2.12. The van der Waals surface area contributed by atoms with E-state index in [1.54, 1.807) is 6.92 Å². The van der Waals surface area contributed by atoms with Gasteiger partial charge in [-0.1, -0.05) is 6.92 Å². The van der Waals surface area contributed by atoms with Crippen LogP contribution in [0.25, 0.3) is 0 Å². The van der Waals surface area contributed by atoms with Gasteiger partial charge in [-0.15, -0.1) is 0 Å². The molecule has 15 heavy (non-hydrogen) atoms. The van der Waals surface area contributed by atoms with Crippen LogP contribution in [0, 0.1) is 5.92 Å². The van der Waals surface area contributed by atoms with E-state index in [1.165, 1.54) is 6.07 Å². The lowest BCUT2D eigenvalue weighted by atomic mass is 10.0. The maximum Gasteiger partial charge on any atom is 0.173 e. The van der Waals surface area contributed by atoms with E-state index in [1.807, 2.05) is 0 Å². The highest BCUT2D eigenvalue weighted by atomic mass is 79.9. The normalized spacial score (nSPS) is 12.5. The van der Waals surface area contributed by atoms with Gasteiger partial charge in [-0.3, -0.25) is 0 Å². The Bertz CT molecular complexity index is 391. The third kappa shape index (κ3) is 2.72. The van der Waals surface area contributed by atoms with Gasteiger partial charge in [0.1, 0.15) is 6.29 Å². The zero-order chi connectivity index (χ0) is 11.6. The van der Waals surface area contributed by atoms with Gasteiger partial charge >= 0.3 is 0 Å². The highest BCUT2D eigenvalue weighted by Gasteiger charge is 2.15. The second-order valence-corrected chi connectivity index (χ2v) is 4.93. The summed E-state index contributed by atoms with van der Waals surface area (Å²) in [5.41, 5.74) is 0.775. The number of carbonyl (C=O) groups excluding carboxylic acids is 1. The minimum atomic E-state index is -0.204. The van der Waals surface area contributed by atoms with Crippen molar-refractivity contribution in [1.82, 2.24) is 0 Å². The maximum atomic E-state index is 10.5. The molecule has 0 radical (unpaired) electrons. The molecule has 2 N–H and O–H groups in total. The van der Waals surface area contributed by atoms with Gasteiger partial charge in [0.15, 0.2) is 11.5 Å². The third-order valence-corrected chi connectivity index (χ3v) is 4.22. The molecule has 0 aliphatic carbocycles. The minimum absolute atomic E-state index is 0.128. The monoisotopic (exact) mass is 336 g/mol. The SMILES string of the molecule is C[C@H](C=O)Cc1cc(O)c(O)c(Br)c1Br. The second-order valence-electron chi connectivity index (χ2n) is 3.35. The molecule has 82 valence electrons. The van der Waals surface area contributed by atoms with Crippen molar-refractivity contribution in [3.63, 3.8) is 0 Å². The van der Waals surface area contributed by atoms with E-state index >= 15 is 0 Å². The van der Waals surface area contributed by atoms with Crippen molar-refractivity contribution in [2.45, 2.75) is 13.3 Å². The van der Waals surface area contributed by atoms with E-state index in [2.05, 4.69) is 31.9 Å². The van der Waals surface area contributed by atoms with Crippen molar-refractivity contribution in [2.24, 2.45) is 5.92 Å². The lowest BCUT2D eigenvalue weighted by Gasteiger charge is -2.10. The highest BCUT2D eigenvalue weighted by Crippen LogP contribution is 2.41. The molecule has 0 saturated heterocycles. The van der Waals surface area contributed by atoms with Crippen LogP contribution in [0.2, 0.25) is 0 Å². The van der Waals surface area contributed by atoms with Crippen LogP contribution >= 0.6 is 31.9 Å². The summed E-state index contributed by atoms with van der Waals surface area (Å²) in [5, 5.41) is 18.8. The molecule has 0 bridgehead atoms. The minimum Gasteiger partial charge on any atom is -0.504 e. The smallest absolute Gasteiger partial charge is 0.173 e. The van der Waals surface area contributed by atoms with Crippen LogP contribution in [-0.4, -0.2) is 16.5 Å². The summed E-state index contributed by atoms with van der Waals surface area (Å²) in [6, 6.07) is 1.45. The Balaban J connectivity index is 3.14. The van der Waals surface area contributed by atoms with Crippen LogP contribution in [0.1, 0.15) is 12.5 Å². The first kappa shape index (κ1) is 12.5. The lowest BCUT2D eigenvalue weighted by molar-refractivity contribution is -0.110. The zero-order valence-electron chi connectivity index (χ0n) is 8.00. The molecule has 5 heteroatoms. The van der Waals surface area contributed by atoms with E-state index in [0.29, 0.717) is 15.4 Å². The summed E-state index contributed by atoms with van der Waals surface area (Å²) in [5.74, 6) is -0.528. The van der Waals surface area contributed by atoms with Crippen molar-refractivity contribution >= 4 is 38.1 Å². The molecule has 3 nitrogen and oxygen atoms in total. The number of hydrogen-bond donors (Lipinski definition) is 2. The van der Waals surface area contributed by atoms with E-state index in [-0.39, 0.29) is 17.4 Å². The Labute approximate surface area is 104 Å². The predicted octanol–water partition coefficient (Wildman–Crippen LogP) is 3.00. The number of halogens is 2. The molecule has 0 aliphatic rings. The molecule has 0 unspecified atom stereocenters. The molecule has 0 heterocycles. The van der Waals surface area contributed by atoms with Crippen LogP contribution in [-0.2, 0) is 11.2 Å². The van der Waals surface area contributed by atoms with Crippen molar-refractivity contribution in [3.05, 3.63) is 20.6 Å². The summed E-state index contributed by atoms with van der Waals surface area (Å²) in [4.78, 5) is 10.5. The molecule has 0 saturated carbocycles. The van der Waals surface area contributed by atoms with Crippen LogP contribution in [0.5, 0.6) is 11.5 Å². The van der Waals surface area contributed by atoms with E-state index in [9.17, 15) is 15.0 Å². The van der Waals surface area contributed by atoms with Gasteiger partial charge in [0, 0.05) is 10.4 Å². The van der Waals surface area contributed by atoms with Crippen LogP contribution < -0.4 is 0 Å². The van der Waals surface area contributed by atoms with Gasteiger partial charge < -0.3 is 15.0 Å². The maximum absolute atomic E-state index is 10.5. The van der Waals surface area contributed by atoms with Gasteiger partial charge in [-0.05, 0) is 49.9 Å². The van der Waals surface area contributed by atoms with Gasteiger partial charge in [-0.2, -0.15) is 0 Å². The first-order valence-electron chi connectivity index (χ1n) is 4.31. The molecular formula is C10H10Br2O3. The summed E-state index contributed by atoms with van der Waals surface area (Å²) in [6.07, 6.45) is 1.36. The van der Waals surface area contributed by atoms with Crippen molar-refractivity contribution in [3.8, 4) is 11.5 Å². The van der Waals surface area contributed by atoms with Crippen molar-refractivity contribution in [2.75, 3.05) is 0 Å². The van der Waals surface area contributed by atoms with Crippen LogP contribution in [0.15, 0.2) is 15.0 Å². The standard InChI is InChI=1S/C10H10Br2O3/c1-5(4-13)2-6-3-7(14)10(15)9(12)8(6)11/h3-5,14-15H,2H2,1H3/t5-/m0/s1. The number of phenols is 2. The second kappa shape index (κ2) is 4.99. The zero-order valence-corrected chi connectivity index (χ0v) is 11.2. The van der Waals surface area contributed by atoms with Gasteiger partial charge in [0.25, 0.3) is 0 Å². The number of benzene rings is 1. The number of carbonyl (C=O) groups is 1. The topological polar surface area (TPSA) is 57.5 Å². The van der Waals surface area contributed by atoms with Gasteiger partial charge in [0.05, 0.1) is 4.47 Å². The number of hydrogen-bond acceptors (Lipinski definition) is 3. The summed E-state index contributed by atoms with van der Waals surface area (Å²) in [7, 11) is 0. The average Bonchev–Trinajstić information content (AvgIpc) is 2.22. The fourth-order valence-electron chi connectivity index (χ4n) is 1.20. The molecule has 1 atom stereocenters. The quantitative estimate of drug-likeness (QED) is 0.658. The van der Waals surface area contributed by atoms with Gasteiger partial charge in [0.2, 0.25) is 0 Å². The first-order valence-corrected chi connectivity index (χ1v) is 5.90. The van der Waals surface area contributed by atoms with Crippen molar-refractivity contribution in [1.29, 1.82) is 0 Å². The molecule has 0 fully saturated rings. The van der Waals surface area contributed by atoms with E-state index in [4.69, 9.17) is 0 Å². The number of aldehydes is 1. The first-order chi connectivity index (χ1) is 6.97. The largest absolute Gasteiger partial charge is 0.504 e. The lowest BCUT2D eigenvalue weighted by Crippen LogP contribution is -2.01. The molecule has 0 aromatic heterocycles. The summed E-state index contributed by atoms with van der Waals surface area (Å²) < 4.78 is 1.06. The number of phenolic OH excluding ortho intramolecular Hbond substituents is 2. The van der Waals surface area contributed by atoms with Gasteiger partial charge in [-0.25, -0.2) is 0 Å². The molecule has 0 aliphatic heterocycles. The Morgan fingerprint density at radius 1 is 1.40 bits per heavy atom. The molecule has 1 rings (SSSR count). The van der Waals surface area contributed by atoms with E-state index in [0.717, 1.165) is 11.8 Å². The third-order valence-electron chi connectivity index (χ3n) is 2.01. The van der Waals surface area contributed by atoms with Crippen molar-refractivity contribution < 1.29 is 15.0 Å². The Morgan fingerprint density at radius 3 is 2.53 bits per heavy atom. The number of rotatable bonds is 3. The summed E-state index contributed by atoms with van der Waals surface area (Å²) >= 11 is 6.44. The molecule has 0 spiro atoms. The molecule has 0 amide bonds.